The molecule has 0 aliphatic rings. The summed E-state index contributed by atoms with van der Waals surface area (Å²) in [6, 6.07) is 7.80. The first-order valence-corrected chi connectivity index (χ1v) is 5.32. The van der Waals surface area contributed by atoms with Crippen molar-refractivity contribution >= 4 is 0 Å². The first-order chi connectivity index (χ1) is 7.76. The number of ether oxygens (including phenoxy) is 1. The van der Waals surface area contributed by atoms with Crippen LogP contribution in [0.2, 0.25) is 0 Å². The van der Waals surface area contributed by atoms with Gasteiger partial charge in [0.2, 0.25) is 0 Å². The van der Waals surface area contributed by atoms with Crippen molar-refractivity contribution in [2.45, 2.75) is 20.3 Å². The van der Waals surface area contributed by atoms with Crippen LogP contribution >= 0.6 is 0 Å². The Morgan fingerprint density at radius 1 is 1.25 bits per heavy atom. The minimum absolute atomic E-state index is 0.846. The number of hydrogen-bond donors (Lipinski definition) is 0. The first kappa shape index (κ1) is 10.7. The second-order valence-corrected chi connectivity index (χ2v) is 3.58. The molecule has 2 rings (SSSR count). The van der Waals surface area contributed by atoms with Crippen LogP contribution < -0.4 is 4.74 Å². The number of hydrogen-bond acceptors (Lipinski definition) is 3. The molecule has 0 aliphatic carbocycles. The Labute approximate surface area is 94.9 Å². The van der Waals surface area contributed by atoms with E-state index in [2.05, 4.69) is 17.2 Å². The molecule has 0 amide bonds. The third kappa shape index (κ3) is 1.78. The summed E-state index contributed by atoms with van der Waals surface area (Å²) in [5.41, 5.74) is 3.14. The molecule has 0 radical (unpaired) electrons. The van der Waals surface area contributed by atoms with Gasteiger partial charge in [0.25, 0.3) is 0 Å². The maximum Gasteiger partial charge on any atom is 0.119 e. The quantitative estimate of drug-likeness (QED) is 0.790. The largest absolute Gasteiger partial charge is 0.497 e. The Balaban J connectivity index is 2.42. The van der Waals surface area contributed by atoms with Gasteiger partial charge in [0, 0.05) is 0 Å². The lowest BCUT2D eigenvalue weighted by atomic mass is 10.2. The molecule has 0 aliphatic heterocycles. The molecule has 0 fully saturated rings. The molecular formula is C12H15N3O. The van der Waals surface area contributed by atoms with Gasteiger partial charge in [0.05, 0.1) is 24.2 Å². The SMILES string of the molecule is CCc1c(C)nnn1-c1ccc(OC)cc1. The van der Waals surface area contributed by atoms with Crippen LogP contribution in [0.4, 0.5) is 0 Å². The van der Waals surface area contributed by atoms with Gasteiger partial charge in [-0.1, -0.05) is 12.1 Å². The van der Waals surface area contributed by atoms with Crippen molar-refractivity contribution in [1.82, 2.24) is 15.0 Å². The predicted molar refractivity (Wildman–Crippen MR) is 62.0 cm³/mol. The van der Waals surface area contributed by atoms with Crippen molar-refractivity contribution in [2.75, 3.05) is 7.11 Å². The van der Waals surface area contributed by atoms with Crippen molar-refractivity contribution in [3.8, 4) is 11.4 Å². The third-order valence-electron chi connectivity index (χ3n) is 2.61. The average molecular weight is 217 g/mol. The van der Waals surface area contributed by atoms with Gasteiger partial charge in [-0.3, -0.25) is 0 Å². The van der Waals surface area contributed by atoms with Gasteiger partial charge in [-0.05, 0) is 37.6 Å². The Morgan fingerprint density at radius 2 is 1.94 bits per heavy atom. The third-order valence-corrected chi connectivity index (χ3v) is 2.61. The molecule has 0 spiro atoms. The van der Waals surface area contributed by atoms with Gasteiger partial charge < -0.3 is 4.74 Å². The van der Waals surface area contributed by atoms with Crippen LogP contribution in [-0.4, -0.2) is 22.1 Å². The fraction of sp³-hybridized carbons (Fsp3) is 0.333. The van der Waals surface area contributed by atoms with Gasteiger partial charge in [0.15, 0.2) is 0 Å². The van der Waals surface area contributed by atoms with Gasteiger partial charge in [0.1, 0.15) is 5.75 Å². The van der Waals surface area contributed by atoms with Crippen LogP contribution in [0.25, 0.3) is 5.69 Å². The smallest absolute Gasteiger partial charge is 0.119 e. The van der Waals surface area contributed by atoms with Crippen LogP contribution in [-0.2, 0) is 6.42 Å². The van der Waals surface area contributed by atoms with Crippen LogP contribution in [0.3, 0.4) is 0 Å². The van der Waals surface area contributed by atoms with E-state index in [1.54, 1.807) is 7.11 Å². The molecule has 0 atom stereocenters. The van der Waals surface area contributed by atoms with Crippen LogP contribution in [0.5, 0.6) is 5.75 Å². The molecule has 0 unspecified atom stereocenters. The normalized spacial score (nSPS) is 10.4. The molecule has 0 saturated heterocycles. The van der Waals surface area contributed by atoms with Crippen molar-refractivity contribution in [3.05, 3.63) is 35.7 Å². The van der Waals surface area contributed by atoms with Crippen molar-refractivity contribution in [3.63, 3.8) is 0 Å². The molecule has 0 bridgehead atoms. The van der Waals surface area contributed by atoms with Gasteiger partial charge in [-0.2, -0.15) is 0 Å². The van der Waals surface area contributed by atoms with E-state index in [-0.39, 0.29) is 0 Å². The fourth-order valence-electron chi connectivity index (χ4n) is 1.71. The Morgan fingerprint density at radius 3 is 2.50 bits per heavy atom. The van der Waals surface area contributed by atoms with E-state index >= 15 is 0 Å². The Kier molecular flexibility index (Phi) is 2.90. The average Bonchev–Trinajstić information content (AvgIpc) is 2.70. The maximum atomic E-state index is 5.12. The van der Waals surface area contributed by atoms with Gasteiger partial charge in [-0.15, -0.1) is 5.10 Å². The number of methoxy groups -OCH3 is 1. The molecule has 1 aromatic heterocycles. The minimum atomic E-state index is 0.846. The minimum Gasteiger partial charge on any atom is -0.497 e. The zero-order chi connectivity index (χ0) is 11.5. The molecule has 1 heterocycles. The summed E-state index contributed by atoms with van der Waals surface area (Å²) in [4.78, 5) is 0. The zero-order valence-electron chi connectivity index (χ0n) is 9.77. The van der Waals surface area contributed by atoms with E-state index in [0.717, 1.165) is 29.2 Å². The maximum absolute atomic E-state index is 5.12. The summed E-state index contributed by atoms with van der Waals surface area (Å²) in [7, 11) is 1.66. The molecule has 84 valence electrons. The second kappa shape index (κ2) is 4.35. The summed E-state index contributed by atoms with van der Waals surface area (Å²) >= 11 is 0. The summed E-state index contributed by atoms with van der Waals surface area (Å²) in [5.74, 6) is 0.846. The lowest BCUT2D eigenvalue weighted by molar-refractivity contribution is 0.414. The van der Waals surface area contributed by atoms with Crippen molar-refractivity contribution < 1.29 is 4.74 Å². The van der Waals surface area contributed by atoms with E-state index in [1.165, 1.54) is 0 Å². The van der Waals surface area contributed by atoms with Gasteiger partial charge in [-0.25, -0.2) is 4.68 Å². The highest BCUT2D eigenvalue weighted by molar-refractivity contribution is 5.38. The first-order valence-electron chi connectivity index (χ1n) is 5.32. The highest BCUT2D eigenvalue weighted by atomic mass is 16.5. The molecule has 0 saturated carbocycles. The highest BCUT2D eigenvalue weighted by Gasteiger charge is 2.08. The summed E-state index contributed by atoms with van der Waals surface area (Å²) in [6.45, 7) is 4.08. The fourth-order valence-corrected chi connectivity index (χ4v) is 1.71. The van der Waals surface area contributed by atoms with Crippen LogP contribution in [0.1, 0.15) is 18.3 Å². The molecule has 0 N–H and O–H groups in total. The number of aryl methyl sites for hydroxylation is 1. The summed E-state index contributed by atoms with van der Waals surface area (Å²) < 4.78 is 6.99. The monoisotopic (exact) mass is 217 g/mol. The van der Waals surface area contributed by atoms with E-state index in [4.69, 9.17) is 4.74 Å². The summed E-state index contributed by atoms with van der Waals surface area (Å²) in [5, 5.41) is 8.23. The topological polar surface area (TPSA) is 39.9 Å². The molecule has 4 nitrogen and oxygen atoms in total. The molecular weight excluding hydrogens is 202 g/mol. The van der Waals surface area contributed by atoms with Crippen molar-refractivity contribution in [2.24, 2.45) is 0 Å². The molecule has 2 aromatic rings. The predicted octanol–water partition coefficient (Wildman–Crippen LogP) is 2.15. The Hall–Kier alpha value is -1.84. The Bertz CT molecular complexity index is 474. The second-order valence-electron chi connectivity index (χ2n) is 3.58. The van der Waals surface area contributed by atoms with E-state index in [9.17, 15) is 0 Å². The van der Waals surface area contributed by atoms with Crippen LogP contribution in [0.15, 0.2) is 24.3 Å². The number of nitrogens with zero attached hydrogens (tertiary/aromatic N) is 3. The van der Waals surface area contributed by atoms with Gasteiger partial charge >= 0.3 is 0 Å². The highest BCUT2D eigenvalue weighted by Crippen LogP contribution is 2.17. The van der Waals surface area contributed by atoms with E-state index < -0.39 is 0 Å². The standard InChI is InChI=1S/C12H15N3O/c1-4-12-9(2)13-14-15(12)10-5-7-11(16-3)8-6-10/h5-8H,4H2,1-3H3. The molecule has 16 heavy (non-hydrogen) atoms. The molecule has 4 heteroatoms. The number of aromatic nitrogens is 3. The lowest BCUT2D eigenvalue weighted by Gasteiger charge is -2.06. The summed E-state index contributed by atoms with van der Waals surface area (Å²) in [6.07, 6.45) is 0.921. The zero-order valence-corrected chi connectivity index (χ0v) is 9.77. The van der Waals surface area contributed by atoms with Crippen molar-refractivity contribution in [1.29, 1.82) is 0 Å². The molecule has 1 aromatic carbocycles. The van der Waals surface area contributed by atoms with E-state index in [1.807, 2.05) is 35.9 Å². The lowest BCUT2D eigenvalue weighted by Crippen LogP contribution is -2.01. The van der Waals surface area contributed by atoms with E-state index in [0.29, 0.717) is 0 Å². The number of rotatable bonds is 3. The van der Waals surface area contributed by atoms with Crippen LogP contribution in [0, 0.1) is 6.92 Å². The number of benzene rings is 1.